The summed E-state index contributed by atoms with van der Waals surface area (Å²) in [4.78, 5) is 28.2. The molecule has 0 bridgehead atoms. The third kappa shape index (κ3) is 5.66. The predicted octanol–water partition coefficient (Wildman–Crippen LogP) is 8.10. The molecule has 7 rings (SSSR count). The van der Waals surface area contributed by atoms with Crippen molar-refractivity contribution in [2.45, 2.75) is 106 Å². The molecule has 1 aromatic rings. The molecule has 4 saturated carbocycles. The molecule has 7 nitrogen and oxygen atoms in total. The average molecular weight is 739 g/mol. The first-order chi connectivity index (χ1) is 24.3. The van der Waals surface area contributed by atoms with Gasteiger partial charge in [-0.2, -0.15) is 0 Å². The molecule has 1 amide bonds. The molecule has 2 N–H and O–H groups in total. The average Bonchev–Trinajstić information content (AvgIpc) is 3.47. The van der Waals surface area contributed by atoms with E-state index in [2.05, 4.69) is 64.8 Å². The highest BCUT2D eigenvalue weighted by molar-refractivity contribution is 7.91. The summed E-state index contributed by atoms with van der Waals surface area (Å²) in [6.07, 6.45) is 12.0. The number of rotatable bonds is 7. The molecule has 0 unspecified atom stereocenters. The van der Waals surface area contributed by atoms with Crippen molar-refractivity contribution in [3.05, 3.63) is 41.2 Å². The summed E-state index contributed by atoms with van der Waals surface area (Å²) in [5.41, 5.74) is 1.47. The number of halogens is 1. The highest BCUT2D eigenvalue weighted by atomic mass is 32.2. The topological polar surface area (TPSA) is 104 Å². The van der Waals surface area contributed by atoms with Gasteiger partial charge in [-0.05, 0) is 138 Å². The van der Waals surface area contributed by atoms with E-state index >= 15 is 0 Å². The SMILES string of the molecule is CC(C)[C@@H]1CC[C@]2(C(=O)NCCN3CCS(=O)(=O)CC3)CC[C@]3(C)[C@H](CC[C@@H]4[C@@]5(C)CC=C(c6ccc(C(=O)O)c(F)c6)C(C)(C)[C@@H]5CC[C@]43C)[C@@H]12. The Morgan fingerprint density at radius 1 is 0.942 bits per heavy atom. The van der Waals surface area contributed by atoms with E-state index in [9.17, 15) is 27.5 Å². The van der Waals surface area contributed by atoms with Crippen LogP contribution < -0.4 is 5.32 Å². The van der Waals surface area contributed by atoms with E-state index in [0.717, 1.165) is 62.5 Å². The number of amides is 1. The molecular weight excluding hydrogens is 676 g/mol. The van der Waals surface area contributed by atoms with Gasteiger partial charge in [-0.15, -0.1) is 0 Å². The molecule has 1 heterocycles. The van der Waals surface area contributed by atoms with E-state index in [0.29, 0.717) is 61.7 Å². The van der Waals surface area contributed by atoms with Crippen molar-refractivity contribution in [3.8, 4) is 0 Å². The number of hydrogen-bond acceptors (Lipinski definition) is 5. The van der Waals surface area contributed by atoms with Crippen molar-refractivity contribution < 1.29 is 27.5 Å². The van der Waals surface area contributed by atoms with E-state index in [1.165, 1.54) is 18.6 Å². The van der Waals surface area contributed by atoms with Crippen LogP contribution in [0.4, 0.5) is 4.39 Å². The Balaban J connectivity index is 1.14. The number of hydrogen-bond donors (Lipinski definition) is 2. The van der Waals surface area contributed by atoms with E-state index in [1.54, 1.807) is 6.07 Å². The van der Waals surface area contributed by atoms with Gasteiger partial charge >= 0.3 is 5.97 Å². The molecule has 0 aromatic heterocycles. The third-order valence-corrected chi connectivity index (χ3v) is 18.6. The second-order valence-corrected chi connectivity index (χ2v) is 21.9. The Hall–Kier alpha value is -2.26. The van der Waals surface area contributed by atoms with Gasteiger partial charge in [0.1, 0.15) is 5.82 Å². The fourth-order valence-corrected chi connectivity index (χ4v) is 15.5. The molecule has 0 spiro atoms. The fourth-order valence-electron chi connectivity index (χ4n) is 14.2. The minimum absolute atomic E-state index is 0.0837. The summed E-state index contributed by atoms with van der Waals surface area (Å²) in [5, 5.41) is 12.8. The number of carbonyl (C=O) groups is 2. The molecule has 6 aliphatic rings. The molecule has 1 aromatic carbocycles. The number of benzene rings is 1. The van der Waals surface area contributed by atoms with Crippen LogP contribution in [-0.2, 0) is 14.6 Å². The monoisotopic (exact) mass is 738 g/mol. The van der Waals surface area contributed by atoms with Crippen molar-refractivity contribution in [2.24, 2.45) is 62.6 Å². The number of fused-ring (bicyclic) bond motifs is 7. The quantitative estimate of drug-likeness (QED) is 0.293. The van der Waals surface area contributed by atoms with Crippen molar-refractivity contribution in [1.29, 1.82) is 0 Å². The van der Waals surface area contributed by atoms with Crippen molar-refractivity contribution in [1.82, 2.24) is 10.2 Å². The maximum atomic E-state index is 14.9. The van der Waals surface area contributed by atoms with Crippen LogP contribution in [0.2, 0.25) is 0 Å². The van der Waals surface area contributed by atoms with Crippen LogP contribution in [0.3, 0.4) is 0 Å². The molecule has 1 aliphatic heterocycles. The van der Waals surface area contributed by atoms with Crippen LogP contribution in [0.15, 0.2) is 24.3 Å². The lowest BCUT2D eigenvalue weighted by molar-refractivity contribution is -0.227. The molecular formula is C43H63FN2O5S. The normalized spacial score (nSPS) is 40.9. The number of sulfone groups is 1. The van der Waals surface area contributed by atoms with Gasteiger partial charge in [0.25, 0.3) is 0 Å². The van der Waals surface area contributed by atoms with Gasteiger partial charge in [0.05, 0.1) is 22.5 Å². The highest BCUT2D eigenvalue weighted by Crippen LogP contribution is 2.77. The molecule has 9 heteroatoms. The maximum absolute atomic E-state index is 14.9. The van der Waals surface area contributed by atoms with Crippen LogP contribution in [0.5, 0.6) is 0 Å². The van der Waals surface area contributed by atoms with Gasteiger partial charge in [-0.3, -0.25) is 9.69 Å². The number of nitrogens with one attached hydrogen (secondary N) is 1. The summed E-state index contributed by atoms with van der Waals surface area (Å²) >= 11 is 0. The van der Waals surface area contributed by atoms with Crippen LogP contribution in [0, 0.1) is 68.4 Å². The fraction of sp³-hybridized carbons (Fsp3) is 0.767. The Labute approximate surface area is 311 Å². The minimum Gasteiger partial charge on any atom is -0.478 e. The first-order valence-electron chi connectivity index (χ1n) is 20.3. The molecule has 0 radical (unpaired) electrons. The summed E-state index contributed by atoms with van der Waals surface area (Å²) in [7, 11) is -2.93. The molecule has 1 saturated heterocycles. The van der Waals surface area contributed by atoms with Gasteiger partial charge in [-0.25, -0.2) is 17.6 Å². The molecule has 5 fully saturated rings. The minimum atomic E-state index is -2.93. The Kier molecular flexibility index (Phi) is 9.45. The van der Waals surface area contributed by atoms with Crippen LogP contribution in [0.25, 0.3) is 5.57 Å². The summed E-state index contributed by atoms with van der Waals surface area (Å²) in [6, 6.07) is 4.63. The lowest BCUT2D eigenvalue weighted by Crippen LogP contribution is -2.66. The molecule has 52 heavy (non-hydrogen) atoms. The Bertz CT molecular complexity index is 1740. The van der Waals surface area contributed by atoms with Gasteiger partial charge in [-0.1, -0.05) is 60.6 Å². The summed E-state index contributed by atoms with van der Waals surface area (Å²) in [6.45, 7) is 19.5. The van der Waals surface area contributed by atoms with E-state index < -0.39 is 21.6 Å². The maximum Gasteiger partial charge on any atom is 0.338 e. The van der Waals surface area contributed by atoms with Crippen molar-refractivity contribution in [2.75, 3.05) is 37.7 Å². The smallest absolute Gasteiger partial charge is 0.338 e. The van der Waals surface area contributed by atoms with E-state index in [4.69, 9.17) is 0 Å². The van der Waals surface area contributed by atoms with Crippen molar-refractivity contribution in [3.63, 3.8) is 0 Å². The molecule has 5 aliphatic carbocycles. The summed E-state index contributed by atoms with van der Waals surface area (Å²) in [5.74, 6) is 1.62. The lowest BCUT2D eigenvalue weighted by Gasteiger charge is -2.72. The number of aromatic carboxylic acids is 1. The zero-order chi connectivity index (χ0) is 37.6. The number of allylic oxidation sites excluding steroid dienone is 2. The van der Waals surface area contributed by atoms with Gasteiger partial charge in [0.15, 0.2) is 9.84 Å². The first-order valence-corrected chi connectivity index (χ1v) is 22.1. The van der Waals surface area contributed by atoms with Crippen LogP contribution in [0.1, 0.15) is 122 Å². The Morgan fingerprint density at radius 2 is 1.65 bits per heavy atom. The molecule has 288 valence electrons. The highest BCUT2D eigenvalue weighted by Gasteiger charge is 2.71. The first kappa shape index (κ1) is 38.0. The number of carbonyl (C=O) groups excluding carboxylic acids is 1. The standard InChI is InChI=1S/C43H63FN2O5S/c1-27(2)29-12-17-43(38(49)45-20-21-46-22-24-52(50,51)25-23-46)19-18-41(6)32(36(29)43)10-11-35-40(5)15-13-31(28-8-9-30(37(47)48)33(44)26-28)39(3,4)34(40)14-16-42(35,41)7/h8-9,13,26-27,29,32,34-36H,10-12,14-25H2,1-7H3,(H,45,49)(H,47,48)/t29-,32+,34-,35+,36+,40-,41+,42+,43-/m0/s1. The number of nitrogens with zero attached hydrogens (tertiary/aromatic N) is 1. The van der Waals surface area contributed by atoms with Gasteiger partial charge in [0, 0.05) is 26.2 Å². The number of carboxylic acid groups (broad SMARTS) is 1. The zero-order valence-corrected chi connectivity index (χ0v) is 33.5. The third-order valence-electron chi connectivity index (χ3n) is 17.0. The predicted molar refractivity (Wildman–Crippen MR) is 204 cm³/mol. The molecule has 9 atom stereocenters. The largest absolute Gasteiger partial charge is 0.478 e. The summed E-state index contributed by atoms with van der Waals surface area (Å²) < 4.78 is 38.8. The van der Waals surface area contributed by atoms with E-state index in [-0.39, 0.29) is 50.1 Å². The second kappa shape index (κ2) is 12.9. The second-order valence-electron chi connectivity index (χ2n) is 19.6. The van der Waals surface area contributed by atoms with E-state index in [1.807, 2.05) is 0 Å². The van der Waals surface area contributed by atoms with Crippen molar-refractivity contribution >= 4 is 27.3 Å². The van der Waals surface area contributed by atoms with Crippen LogP contribution >= 0.6 is 0 Å². The van der Waals surface area contributed by atoms with Gasteiger partial charge < -0.3 is 10.4 Å². The van der Waals surface area contributed by atoms with Crippen LogP contribution in [-0.4, -0.2) is 68.0 Å². The zero-order valence-electron chi connectivity index (χ0n) is 32.7. The number of carboxylic acids is 1. The Morgan fingerprint density at radius 3 is 2.31 bits per heavy atom. The lowest BCUT2D eigenvalue weighted by atomic mass is 9.32. The van der Waals surface area contributed by atoms with Gasteiger partial charge in [0.2, 0.25) is 5.91 Å².